The molecule has 0 aromatic carbocycles. The molecule has 88 valence electrons. The summed E-state index contributed by atoms with van der Waals surface area (Å²) < 4.78 is 6.94. The zero-order valence-corrected chi connectivity index (χ0v) is 9.77. The summed E-state index contributed by atoms with van der Waals surface area (Å²) >= 11 is 0. The second-order valence-electron chi connectivity index (χ2n) is 4.06. The third-order valence-corrected chi connectivity index (χ3v) is 3.22. The van der Waals surface area contributed by atoms with Gasteiger partial charge in [0.05, 0.1) is 6.61 Å². The molecule has 1 fully saturated rings. The largest absolute Gasteiger partial charge is 0.465 e. The van der Waals surface area contributed by atoms with E-state index < -0.39 is 5.41 Å². The van der Waals surface area contributed by atoms with Crippen LogP contribution in [0.15, 0.2) is 6.33 Å². The van der Waals surface area contributed by atoms with Gasteiger partial charge in [0.15, 0.2) is 0 Å². The number of carbonyl (C=O) groups is 1. The smallest absolute Gasteiger partial charge is 0.319 e. The molecule has 0 unspecified atom stereocenters. The zero-order chi connectivity index (χ0) is 11.6. The van der Waals surface area contributed by atoms with Gasteiger partial charge in [0.2, 0.25) is 0 Å². The first-order valence-corrected chi connectivity index (χ1v) is 5.80. The Labute approximate surface area is 94.8 Å². The number of aryl methyl sites for hydroxylation is 1. The van der Waals surface area contributed by atoms with E-state index in [2.05, 4.69) is 10.1 Å². The predicted molar refractivity (Wildman–Crippen MR) is 57.9 cm³/mol. The Kier molecular flexibility index (Phi) is 2.94. The number of ether oxygens (including phenoxy) is 1. The fourth-order valence-electron chi connectivity index (χ4n) is 2.18. The minimum Gasteiger partial charge on any atom is -0.465 e. The molecule has 16 heavy (non-hydrogen) atoms. The predicted octanol–water partition coefficient (Wildman–Crippen LogP) is 1.28. The van der Waals surface area contributed by atoms with Crippen LogP contribution in [0, 0.1) is 0 Å². The van der Waals surface area contributed by atoms with Gasteiger partial charge in [0.25, 0.3) is 0 Å². The van der Waals surface area contributed by atoms with E-state index in [9.17, 15) is 4.79 Å². The molecule has 1 heterocycles. The second kappa shape index (κ2) is 4.23. The maximum absolute atomic E-state index is 12.0. The molecule has 0 aliphatic heterocycles. The van der Waals surface area contributed by atoms with E-state index in [1.165, 1.54) is 6.33 Å². The lowest BCUT2D eigenvalue weighted by molar-refractivity contribution is -0.154. The first-order chi connectivity index (χ1) is 7.74. The van der Waals surface area contributed by atoms with Crippen LogP contribution in [0.2, 0.25) is 0 Å². The highest BCUT2D eigenvalue weighted by Gasteiger charge is 2.50. The Bertz CT molecular complexity index is 382. The summed E-state index contributed by atoms with van der Waals surface area (Å²) in [7, 11) is 0. The van der Waals surface area contributed by atoms with Crippen molar-refractivity contribution >= 4 is 5.97 Å². The third-order valence-electron chi connectivity index (χ3n) is 3.22. The van der Waals surface area contributed by atoms with Gasteiger partial charge >= 0.3 is 5.97 Å². The van der Waals surface area contributed by atoms with Gasteiger partial charge in [-0.3, -0.25) is 4.79 Å². The maximum atomic E-state index is 12.0. The Hall–Kier alpha value is -1.39. The molecule has 1 aromatic heterocycles. The van der Waals surface area contributed by atoms with Crippen LogP contribution in [0.3, 0.4) is 0 Å². The van der Waals surface area contributed by atoms with Crippen molar-refractivity contribution in [1.29, 1.82) is 0 Å². The van der Waals surface area contributed by atoms with Gasteiger partial charge in [-0.05, 0) is 26.7 Å². The molecule has 1 saturated carbocycles. The number of carbonyl (C=O) groups excluding carboxylic acids is 1. The van der Waals surface area contributed by atoms with E-state index in [0.717, 1.165) is 31.6 Å². The molecule has 0 spiro atoms. The number of aromatic nitrogens is 3. The second-order valence-corrected chi connectivity index (χ2v) is 4.06. The number of hydrogen-bond acceptors (Lipinski definition) is 4. The molecule has 5 nitrogen and oxygen atoms in total. The Morgan fingerprint density at radius 2 is 2.31 bits per heavy atom. The van der Waals surface area contributed by atoms with E-state index in [0.29, 0.717) is 6.61 Å². The van der Waals surface area contributed by atoms with E-state index in [4.69, 9.17) is 4.74 Å². The first-order valence-electron chi connectivity index (χ1n) is 5.80. The van der Waals surface area contributed by atoms with Crippen molar-refractivity contribution in [1.82, 2.24) is 14.8 Å². The lowest BCUT2D eigenvalue weighted by Crippen LogP contribution is -2.46. The highest BCUT2D eigenvalue weighted by molar-refractivity contribution is 5.83. The van der Waals surface area contributed by atoms with Crippen LogP contribution in [0.5, 0.6) is 0 Å². The topological polar surface area (TPSA) is 57.0 Å². The summed E-state index contributed by atoms with van der Waals surface area (Å²) in [6.45, 7) is 4.97. The quantitative estimate of drug-likeness (QED) is 0.721. The van der Waals surface area contributed by atoms with Crippen LogP contribution in [-0.4, -0.2) is 27.3 Å². The molecule has 2 rings (SSSR count). The molecule has 0 radical (unpaired) electrons. The molecule has 0 atom stereocenters. The molecule has 0 saturated heterocycles. The van der Waals surface area contributed by atoms with Gasteiger partial charge in [-0.2, -0.15) is 5.10 Å². The molecule has 0 bridgehead atoms. The monoisotopic (exact) mass is 223 g/mol. The summed E-state index contributed by atoms with van der Waals surface area (Å²) in [5.74, 6) is 0.614. The third kappa shape index (κ3) is 1.50. The number of nitrogens with zero attached hydrogens (tertiary/aromatic N) is 3. The van der Waals surface area contributed by atoms with Gasteiger partial charge in [-0.25, -0.2) is 9.67 Å². The van der Waals surface area contributed by atoms with Gasteiger partial charge < -0.3 is 4.74 Å². The van der Waals surface area contributed by atoms with Gasteiger partial charge in [-0.1, -0.05) is 6.42 Å². The fourth-order valence-corrected chi connectivity index (χ4v) is 2.18. The molecule has 1 aliphatic rings. The van der Waals surface area contributed by atoms with Crippen molar-refractivity contribution in [3.8, 4) is 0 Å². The van der Waals surface area contributed by atoms with Gasteiger partial charge in [-0.15, -0.1) is 0 Å². The minimum absolute atomic E-state index is 0.149. The Balaban J connectivity index is 2.31. The molecule has 5 heteroatoms. The average Bonchev–Trinajstić information content (AvgIpc) is 2.65. The van der Waals surface area contributed by atoms with Crippen molar-refractivity contribution in [2.24, 2.45) is 0 Å². The maximum Gasteiger partial charge on any atom is 0.319 e. The normalized spacial score (nSPS) is 17.9. The molecular weight excluding hydrogens is 206 g/mol. The molecule has 0 amide bonds. The first kappa shape index (κ1) is 11.1. The van der Waals surface area contributed by atoms with Crippen LogP contribution in [0.4, 0.5) is 0 Å². The molecular formula is C11H17N3O2. The molecule has 0 N–H and O–H groups in total. The fraction of sp³-hybridized carbons (Fsp3) is 0.727. The highest BCUT2D eigenvalue weighted by Crippen LogP contribution is 2.43. The van der Waals surface area contributed by atoms with Crippen molar-refractivity contribution in [3.05, 3.63) is 12.2 Å². The zero-order valence-electron chi connectivity index (χ0n) is 9.77. The Morgan fingerprint density at radius 3 is 2.81 bits per heavy atom. The average molecular weight is 223 g/mol. The summed E-state index contributed by atoms with van der Waals surface area (Å²) in [5.41, 5.74) is -0.525. The van der Waals surface area contributed by atoms with Crippen molar-refractivity contribution in [2.45, 2.75) is 45.1 Å². The van der Waals surface area contributed by atoms with Gasteiger partial charge in [0, 0.05) is 6.54 Å². The minimum atomic E-state index is -0.525. The SMILES string of the molecule is CCOC(=O)C1(c2ncnn2CC)CCC1. The van der Waals surface area contributed by atoms with Crippen molar-refractivity contribution < 1.29 is 9.53 Å². The van der Waals surface area contributed by atoms with Crippen LogP contribution in [-0.2, 0) is 21.5 Å². The van der Waals surface area contributed by atoms with E-state index >= 15 is 0 Å². The van der Waals surface area contributed by atoms with Crippen LogP contribution >= 0.6 is 0 Å². The summed E-state index contributed by atoms with van der Waals surface area (Å²) in [6, 6.07) is 0. The molecule has 1 aliphatic carbocycles. The lowest BCUT2D eigenvalue weighted by Gasteiger charge is -2.37. The van der Waals surface area contributed by atoms with E-state index in [1.54, 1.807) is 4.68 Å². The molecule has 1 aromatic rings. The van der Waals surface area contributed by atoms with Gasteiger partial charge in [0.1, 0.15) is 17.6 Å². The van der Waals surface area contributed by atoms with E-state index in [-0.39, 0.29) is 5.97 Å². The van der Waals surface area contributed by atoms with Crippen molar-refractivity contribution in [2.75, 3.05) is 6.61 Å². The van der Waals surface area contributed by atoms with Crippen molar-refractivity contribution in [3.63, 3.8) is 0 Å². The summed E-state index contributed by atoms with van der Waals surface area (Å²) in [4.78, 5) is 16.2. The lowest BCUT2D eigenvalue weighted by atomic mass is 9.68. The number of hydrogen-bond donors (Lipinski definition) is 0. The van der Waals surface area contributed by atoms with Crippen LogP contribution in [0.25, 0.3) is 0 Å². The highest BCUT2D eigenvalue weighted by atomic mass is 16.5. The number of rotatable bonds is 4. The van der Waals surface area contributed by atoms with Crippen LogP contribution < -0.4 is 0 Å². The summed E-state index contributed by atoms with van der Waals surface area (Å²) in [5, 5.41) is 4.12. The number of esters is 1. The van der Waals surface area contributed by atoms with Crippen LogP contribution in [0.1, 0.15) is 38.9 Å². The summed E-state index contributed by atoms with van der Waals surface area (Å²) in [6.07, 6.45) is 4.21. The Morgan fingerprint density at radius 1 is 1.56 bits per heavy atom. The standard InChI is InChI=1S/C11H17N3O2/c1-3-14-9(12-8-13-14)11(6-5-7-11)10(15)16-4-2/h8H,3-7H2,1-2H3. The van der Waals surface area contributed by atoms with E-state index in [1.807, 2.05) is 13.8 Å².